The lowest BCUT2D eigenvalue weighted by atomic mass is 9.89. The number of rotatable bonds is 3. The number of benzene rings is 1. The van der Waals surface area contributed by atoms with Gasteiger partial charge < -0.3 is 15.7 Å². The van der Waals surface area contributed by atoms with E-state index >= 15 is 0 Å². The Morgan fingerprint density at radius 2 is 2.16 bits per heavy atom. The zero-order valence-corrected chi connectivity index (χ0v) is 12.3. The van der Waals surface area contributed by atoms with Gasteiger partial charge in [-0.05, 0) is 36.8 Å². The van der Waals surface area contributed by atoms with E-state index in [-0.39, 0.29) is 6.61 Å². The van der Waals surface area contributed by atoms with Crippen molar-refractivity contribution in [2.75, 3.05) is 24.6 Å². The molecule has 19 heavy (non-hydrogen) atoms. The average molecular weight is 262 g/mol. The van der Waals surface area contributed by atoms with E-state index in [4.69, 9.17) is 5.73 Å². The Balaban J connectivity index is 2.36. The molecule has 1 aromatic carbocycles. The molecule has 0 aliphatic carbocycles. The molecule has 0 radical (unpaired) electrons. The Morgan fingerprint density at radius 3 is 2.79 bits per heavy atom. The molecule has 3 nitrogen and oxygen atoms in total. The molecular weight excluding hydrogens is 236 g/mol. The Hall–Kier alpha value is -1.06. The molecule has 1 fully saturated rings. The normalized spacial score (nSPS) is 24.0. The first kappa shape index (κ1) is 14.4. The summed E-state index contributed by atoms with van der Waals surface area (Å²) >= 11 is 0. The van der Waals surface area contributed by atoms with Gasteiger partial charge in [-0.25, -0.2) is 0 Å². The molecule has 3 N–H and O–H groups in total. The molecule has 2 rings (SSSR count). The van der Waals surface area contributed by atoms with Gasteiger partial charge in [-0.2, -0.15) is 0 Å². The molecule has 1 heterocycles. The summed E-state index contributed by atoms with van der Waals surface area (Å²) < 4.78 is 0. The largest absolute Gasteiger partial charge is 0.394 e. The first-order valence-electron chi connectivity index (χ1n) is 7.21. The smallest absolute Gasteiger partial charge is 0.0628 e. The summed E-state index contributed by atoms with van der Waals surface area (Å²) in [5.41, 5.74) is 9.82. The third-order valence-corrected chi connectivity index (χ3v) is 4.13. The van der Waals surface area contributed by atoms with E-state index in [1.165, 1.54) is 16.8 Å². The van der Waals surface area contributed by atoms with Gasteiger partial charge in [-0.3, -0.25) is 0 Å². The highest BCUT2D eigenvalue weighted by Crippen LogP contribution is 2.34. The van der Waals surface area contributed by atoms with Gasteiger partial charge in [0, 0.05) is 18.8 Å². The maximum atomic E-state index is 9.51. The van der Waals surface area contributed by atoms with Crippen molar-refractivity contribution < 1.29 is 5.11 Å². The third-order valence-electron chi connectivity index (χ3n) is 4.13. The van der Waals surface area contributed by atoms with Crippen molar-refractivity contribution in [3.05, 3.63) is 29.3 Å². The van der Waals surface area contributed by atoms with Gasteiger partial charge in [0.25, 0.3) is 0 Å². The highest BCUT2D eigenvalue weighted by atomic mass is 16.3. The second-order valence-electron chi connectivity index (χ2n) is 6.21. The lowest BCUT2D eigenvalue weighted by Crippen LogP contribution is -2.57. The van der Waals surface area contributed by atoms with Gasteiger partial charge in [0.1, 0.15) is 0 Å². The van der Waals surface area contributed by atoms with E-state index < -0.39 is 5.54 Å². The number of hydrogen-bond acceptors (Lipinski definition) is 3. The van der Waals surface area contributed by atoms with Gasteiger partial charge in [-0.15, -0.1) is 0 Å². The van der Waals surface area contributed by atoms with Crippen LogP contribution in [0.5, 0.6) is 0 Å². The Morgan fingerprint density at radius 1 is 1.42 bits per heavy atom. The first-order valence-corrected chi connectivity index (χ1v) is 7.21. The molecule has 1 aliphatic rings. The first-order chi connectivity index (χ1) is 8.97. The number of para-hydroxylation sites is 1. The summed E-state index contributed by atoms with van der Waals surface area (Å²) in [4.78, 5) is 2.37. The monoisotopic (exact) mass is 262 g/mol. The van der Waals surface area contributed by atoms with Crippen LogP contribution in [0.25, 0.3) is 0 Å². The summed E-state index contributed by atoms with van der Waals surface area (Å²) in [5, 5.41) is 9.51. The van der Waals surface area contributed by atoms with Crippen molar-refractivity contribution in [3.8, 4) is 0 Å². The van der Waals surface area contributed by atoms with Gasteiger partial charge in [0.15, 0.2) is 0 Å². The molecule has 0 amide bonds. The van der Waals surface area contributed by atoms with E-state index in [1.807, 2.05) is 0 Å². The molecule has 1 aromatic rings. The molecule has 0 spiro atoms. The van der Waals surface area contributed by atoms with Crippen LogP contribution in [-0.2, 0) is 0 Å². The SMILES string of the molecule is Cc1cccc(C(C)C)c1N1CCCC(N)(CO)C1. The van der Waals surface area contributed by atoms with Crippen LogP contribution in [0.2, 0.25) is 0 Å². The second-order valence-corrected chi connectivity index (χ2v) is 6.21. The van der Waals surface area contributed by atoms with Crippen LogP contribution in [0.4, 0.5) is 5.69 Å². The summed E-state index contributed by atoms with van der Waals surface area (Å²) in [6.07, 6.45) is 1.95. The van der Waals surface area contributed by atoms with Crippen LogP contribution in [0.1, 0.15) is 43.7 Å². The topological polar surface area (TPSA) is 49.5 Å². The van der Waals surface area contributed by atoms with Gasteiger partial charge in [0.05, 0.1) is 12.1 Å². The number of nitrogens with two attached hydrogens (primary N) is 1. The zero-order chi connectivity index (χ0) is 14.0. The Labute approximate surface area is 116 Å². The summed E-state index contributed by atoms with van der Waals surface area (Å²) in [7, 11) is 0. The minimum absolute atomic E-state index is 0.0619. The summed E-state index contributed by atoms with van der Waals surface area (Å²) in [6, 6.07) is 6.49. The molecule has 1 aliphatic heterocycles. The zero-order valence-electron chi connectivity index (χ0n) is 12.3. The van der Waals surface area contributed by atoms with Crippen molar-refractivity contribution in [1.82, 2.24) is 0 Å². The second kappa shape index (κ2) is 5.51. The van der Waals surface area contributed by atoms with Crippen LogP contribution in [0.15, 0.2) is 18.2 Å². The number of nitrogens with zero attached hydrogens (tertiary/aromatic N) is 1. The Kier molecular flexibility index (Phi) is 4.16. The van der Waals surface area contributed by atoms with E-state index in [9.17, 15) is 5.11 Å². The minimum Gasteiger partial charge on any atom is -0.394 e. The van der Waals surface area contributed by atoms with Crippen LogP contribution in [0.3, 0.4) is 0 Å². The molecular formula is C16H26N2O. The fourth-order valence-electron chi connectivity index (χ4n) is 3.06. The molecule has 1 saturated heterocycles. The summed E-state index contributed by atoms with van der Waals surface area (Å²) in [5.74, 6) is 0.498. The van der Waals surface area contributed by atoms with Crippen molar-refractivity contribution in [2.24, 2.45) is 5.73 Å². The standard InChI is InChI=1S/C16H26N2O/c1-12(2)14-7-4-6-13(3)15(14)18-9-5-8-16(17,10-18)11-19/h4,6-7,12,19H,5,8-11,17H2,1-3H3. The van der Waals surface area contributed by atoms with Crippen molar-refractivity contribution >= 4 is 5.69 Å². The van der Waals surface area contributed by atoms with Crippen LogP contribution in [-0.4, -0.2) is 30.3 Å². The van der Waals surface area contributed by atoms with Crippen molar-refractivity contribution in [2.45, 2.75) is 45.1 Å². The lowest BCUT2D eigenvalue weighted by Gasteiger charge is -2.42. The molecule has 0 bridgehead atoms. The van der Waals surface area contributed by atoms with E-state index in [1.54, 1.807) is 0 Å². The minimum atomic E-state index is -0.450. The number of aliphatic hydroxyl groups excluding tert-OH is 1. The molecule has 3 heteroatoms. The number of aryl methyl sites for hydroxylation is 1. The molecule has 1 atom stereocenters. The molecule has 106 valence electrons. The van der Waals surface area contributed by atoms with Gasteiger partial charge >= 0.3 is 0 Å². The van der Waals surface area contributed by atoms with E-state index in [0.29, 0.717) is 5.92 Å². The average Bonchev–Trinajstić information content (AvgIpc) is 2.38. The highest BCUT2D eigenvalue weighted by molar-refractivity contribution is 5.61. The maximum absolute atomic E-state index is 9.51. The molecule has 1 unspecified atom stereocenters. The number of aliphatic hydroxyl groups is 1. The number of hydrogen-bond donors (Lipinski definition) is 2. The van der Waals surface area contributed by atoms with Crippen LogP contribution in [0, 0.1) is 6.92 Å². The predicted octanol–water partition coefficient (Wildman–Crippen LogP) is 2.41. The number of piperidine rings is 1. The van der Waals surface area contributed by atoms with Crippen molar-refractivity contribution in [1.29, 1.82) is 0 Å². The molecule has 0 aromatic heterocycles. The lowest BCUT2D eigenvalue weighted by molar-refractivity contribution is 0.176. The fraction of sp³-hybridized carbons (Fsp3) is 0.625. The Bertz CT molecular complexity index is 444. The van der Waals surface area contributed by atoms with E-state index in [2.05, 4.69) is 43.9 Å². The maximum Gasteiger partial charge on any atom is 0.0628 e. The highest BCUT2D eigenvalue weighted by Gasteiger charge is 2.32. The fourth-order valence-corrected chi connectivity index (χ4v) is 3.06. The van der Waals surface area contributed by atoms with Crippen molar-refractivity contribution in [3.63, 3.8) is 0 Å². The molecule has 0 saturated carbocycles. The summed E-state index contributed by atoms with van der Waals surface area (Å²) in [6.45, 7) is 8.45. The third kappa shape index (κ3) is 2.93. The van der Waals surface area contributed by atoms with Gasteiger partial charge in [-0.1, -0.05) is 32.0 Å². The van der Waals surface area contributed by atoms with Gasteiger partial charge in [0.2, 0.25) is 0 Å². The van der Waals surface area contributed by atoms with Crippen LogP contribution >= 0.6 is 0 Å². The van der Waals surface area contributed by atoms with Crippen LogP contribution < -0.4 is 10.6 Å². The predicted molar refractivity (Wildman–Crippen MR) is 80.7 cm³/mol. The van der Waals surface area contributed by atoms with E-state index in [0.717, 1.165) is 25.9 Å². The number of anilines is 1. The quantitative estimate of drug-likeness (QED) is 0.879.